The van der Waals surface area contributed by atoms with E-state index < -0.39 is 8.24 Å². The summed E-state index contributed by atoms with van der Waals surface area (Å²) in [5.74, 6) is 0. The number of hydrogen-bond donors (Lipinski definition) is 1. The van der Waals surface area contributed by atoms with E-state index in [2.05, 4.69) is 45.4 Å². The fourth-order valence-corrected chi connectivity index (χ4v) is 1.59. The molecule has 0 bridgehead atoms. The summed E-state index contributed by atoms with van der Waals surface area (Å²) in [6, 6.07) is 0. The zero-order chi connectivity index (χ0) is 8.41. The molecule has 0 spiro atoms. The van der Waals surface area contributed by atoms with Gasteiger partial charge in [-0.3, -0.25) is 0 Å². The van der Waals surface area contributed by atoms with Crippen LogP contribution < -0.4 is 4.98 Å². The van der Waals surface area contributed by atoms with Gasteiger partial charge in [0, 0.05) is 0 Å². The Morgan fingerprint density at radius 1 is 1.10 bits per heavy atom. The molecule has 0 aromatic heterocycles. The second-order valence-corrected chi connectivity index (χ2v) is 10.0. The minimum Gasteiger partial charge on any atom is -0.337 e. The van der Waals surface area contributed by atoms with Gasteiger partial charge in [-0.25, -0.2) is 0 Å². The van der Waals surface area contributed by atoms with E-state index in [1.807, 2.05) is 0 Å². The highest BCUT2D eigenvalue weighted by molar-refractivity contribution is 6.73. The first kappa shape index (κ1) is 10.2. The lowest BCUT2D eigenvalue weighted by molar-refractivity contribution is 0.409. The van der Waals surface area contributed by atoms with E-state index in [0.717, 1.165) is 6.54 Å². The van der Waals surface area contributed by atoms with Gasteiger partial charge in [-0.2, -0.15) is 0 Å². The largest absolute Gasteiger partial charge is 0.337 e. The van der Waals surface area contributed by atoms with Crippen LogP contribution in [0, 0.1) is 5.41 Å². The fourth-order valence-electron chi connectivity index (χ4n) is 0.530. The summed E-state index contributed by atoms with van der Waals surface area (Å²) in [6.07, 6.45) is 0. The molecule has 1 N–H and O–H groups in total. The first-order valence-electron chi connectivity index (χ1n) is 3.96. The molecule has 0 rings (SSSR count). The van der Waals surface area contributed by atoms with Gasteiger partial charge >= 0.3 is 0 Å². The molecule has 0 aromatic carbocycles. The van der Waals surface area contributed by atoms with Gasteiger partial charge in [-0.1, -0.05) is 40.4 Å². The molecule has 0 saturated carbocycles. The van der Waals surface area contributed by atoms with Gasteiger partial charge in [0.1, 0.15) is 8.24 Å². The lowest BCUT2D eigenvalue weighted by atomic mass is 9.98. The summed E-state index contributed by atoms with van der Waals surface area (Å²) in [4.78, 5) is 3.60. The van der Waals surface area contributed by atoms with Crippen molar-refractivity contribution in [1.82, 2.24) is 4.98 Å². The van der Waals surface area contributed by atoms with Crippen LogP contribution in [-0.2, 0) is 0 Å². The molecule has 0 aliphatic heterocycles. The average molecular weight is 159 g/mol. The molecular weight excluding hydrogens is 138 g/mol. The number of nitrogens with one attached hydrogen (secondary N) is 1. The standard InChI is InChI=1S/C8H21NSi/c1-8(2,3)7-9-10(4,5)6/h9H,7H2,1-6H3. The Balaban J connectivity index is 3.56. The molecule has 0 aliphatic rings. The van der Waals surface area contributed by atoms with Crippen LogP contribution in [-0.4, -0.2) is 14.8 Å². The quantitative estimate of drug-likeness (QED) is 0.610. The molecule has 0 heterocycles. The number of rotatable bonds is 2. The van der Waals surface area contributed by atoms with Crippen LogP contribution in [0.25, 0.3) is 0 Å². The van der Waals surface area contributed by atoms with Crippen LogP contribution in [0.4, 0.5) is 0 Å². The maximum Gasteiger partial charge on any atom is 0.116 e. The van der Waals surface area contributed by atoms with E-state index in [9.17, 15) is 0 Å². The minimum atomic E-state index is -1.02. The van der Waals surface area contributed by atoms with Crippen molar-refractivity contribution in [2.45, 2.75) is 40.4 Å². The summed E-state index contributed by atoms with van der Waals surface area (Å²) in [5.41, 5.74) is 0.431. The highest BCUT2D eigenvalue weighted by Gasteiger charge is 2.16. The molecule has 10 heavy (non-hydrogen) atoms. The predicted molar refractivity (Wildman–Crippen MR) is 50.8 cm³/mol. The van der Waals surface area contributed by atoms with Crippen molar-refractivity contribution in [3.05, 3.63) is 0 Å². The zero-order valence-corrected chi connectivity index (χ0v) is 9.21. The molecular formula is C8H21NSi. The van der Waals surface area contributed by atoms with Crippen LogP contribution in [0.15, 0.2) is 0 Å². The predicted octanol–water partition coefficient (Wildman–Crippen LogP) is 2.46. The first-order valence-corrected chi connectivity index (χ1v) is 7.46. The minimum absolute atomic E-state index is 0.431. The van der Waals surface area contributed by atoms with Gasteiger partial charge in [0.15, 0.2) is 0 Å². The molecule has 0 atom stereocenters. The molecule has 0 aliphatic carbocycles. The fraction of sp³-hybridized carbons (Fsp3) is 1.00. The Hall–Kier alpha value is 0.177. The van der Waals surface area contributed by atoms with Crippen molar-refractivity contribution < 1.29 is 0 Å². The highest BCUT2D eigenvalue weighted by Crippen LogP contribution is 2.11. The van der Waals surface area contributed by atoms with Crippen molar-refractivity contribution in [2.24, 2.45) is 5.41 Å². The van der Waals surface area contributed by atoms with Crippen molar-refractivity contribution in [2.75, 3.05) is 6.54 Å². The van der Waals surface area contributed by atoms with Gasteiger partial charge in [-0.05, 0) is 12.0 Å². The molecule has 0 saturated heterocycles. The summed E-state index contributed by atoms with van der Waals surface area (Å²) in [6.45, 7) is 14.9. The summed E-state index contributed by atoms with van der Waals surface area (Å²) in [7, 11) is -1.02. The molecule has 0 amide bonds. The normalized spacial score (nSPS) is 13.8. The highest BCUT2D eigenvalue weighted by atomic mass is 28.3. The monoisotopic (exact) mass is 159 g/mol. The van der Waals surface area contributed by atoms with Crippen molar-refractivity contribution >= 4 is 8.24 Å². The Morgan fingerprint density at radius 3 is 1.60 bits per heavy atom. The number of hydrogen-bond acceptors (Lipinski definition) is 1. The second-order valence-electron chi connectivity index (χ2n) is 5.16. The van der Waals surface area contributed by atoms with Gasteiger partial charge in [-0.15, -0.1) is 0 Å². The zero-order valence-electron chi connectivity index (χ0n) is 8.21. The van der Waals surface area contributed by atoms with E-state index in [4.69, 9.17) is 0 Å². The third-order valence-corrected chi connectivity index (χ3v) is 2.39. The molecule has 2 heteroatoms. The molecule has 0 aromatic rings. The van der Waals surface area contributed by atoms with E-state index in [-0.39, 0.29) is 0 Å². The molecule has 0 unspecified atom stereocenters. The Labute approximate surface area is 66.3 Å². The molecule has 0 radical (unpaired) electrons. The van der Waals surface area contributed by atoms with Gasteiger partial charge < -0.3 is 4.98 Å². The Morgan fingerprint density at radius 2 is 1.50 bits per heavy atom. The summed E-state index contributed by atoms with van der Waals surface area (Å²) in [5, 5.41) is 0. The lowest BCUT2D eigenvalue weighted by Gasteiger charge is -2.25. The average Bonchev–Trinajstić information content (AvgIpc) is 1.57. The van der Waals surface area contributed by atoms with E-state index in [0.29, 0.717) is 5.41 Å². The van der Waals surface area contributed by atoms with Gasteiger partial charge in [0.05, 0.1) is 0 Å². The summed E-state index contributed by atoms with van der Waals surface area (Å²) >= 11 is 0. The SMILES string of the molecule is CC(C)(C)CN[Si](C)(C)C. The maximum absolute atomic E-state index is 3.60. The Kier molecular flexibility index (Phi) is 3.11. The smallest absolute Gasteiger partial charge is 0.116 e. The van der Waals surface area contributed by atoms with Crippen molar-refractivity contribution in [3.63, 3.8) is 0 Å². The maximum atomic E-state index is 3.60. The van der Waals surface area contributed by atoms with Crippen molar-refractivity contribution in [1.29, 1.82) is 0 Å². The van der Waals surface area contributed by atoms with Crippen LogP contribution in [0.1, 0.15) is 20.8 Å². The molecule has 0 fully saturated rings. The van der Waals surface area contributed by atoms with E-state index in [1.165, 1.54) is 0 Å². The first-order chi connectivity index (χ1) is 4.21. The van der Waals surface area contributed by atoms with Gasteiger partial charge in [0.2, 0.25) is 0 Å². The van der Waals surface area contributed by atoms with Gasteiger partial charge in [0.25, 0.3) is 0 Å². The van der Waals surface area contributed by atoms with E-state index in [1.54, 1.807) is 0 Å². The van der Waals surface area contributed by atoms with Crippen LogP contribution >= 0.6 is 0 Å². The molecule has 62 valence electrons. The third-order valence-electron chi connectivity index (χ3n) is 1.15. The van der Waals surface area contributed by atoms with Crippen LogP contribution in [0.2, 0.25) is 19.6 Å². The summed E-state index contributed by atoms with van der Waals surface area (Å²) < 4.78 is 0. The molecule has 1 nitrogen and oxygen atoms in total. The van der Waals surface area contributed by atoms with Crippen LogP contribution in [0.3, 0.4) is 0 Å². The second kappa shape index (κ2) is 3.05. The Bertz CT molecular complexity index is 82.8. The van der Waals surface area contributed by atoms with Crippen molar-refractivity contribution in [3.8, 4) is 0 Å². The van der Waals surface area contributed by atoms with Crippen LogP contribution in [0.5, 0.6) is 0 Å². The third kappa shape index (κ3) is 8.18. The van der Waals surface area contributed by atoms with E-state index >= 15 is 0 Å². The topological polar surface area (TPSA) is 12.0 Å². The lowest BCUT2D eigenvalue weighted by Crippen LogP contribution is -2.45.